The van der Waals surface area contributed by atoms with E-state index >= 15 is 0 Å². The van der Waals surface area contributed by atoms with Crippen LogP contribution in [0.3, 0.4) is 0 Å². The molecule has 98 valence electrons. The normalized spacial score (nSPS) is 10.9. The number of rotatable bonds is 3. The molecule has 1 rings (SSSR count). The smallest absolute Gasteiger partial charge is 0.355 e. The van der Waals surface area contributed by atoms with E-state index in [9.17, 15) is 14.2 Å². The number of halogens is 1. The van der Waals surface area contributed by atoms with Crippen molar-refractivity contribution in [3.05, 3.63) is 28.8 Å². The Hall–Kier alpha value is -1.40. The minimum atomic E-state index is -4.92. The zero-order chi connectivity index (χ0) is 13.9. The summed E-state index contributed by atoms with van der Waals surface area (Å²) in [5.41, 5.74) is -1.53. The van der Waals surface area contributed by atoms with Crippen LogP contribution in [-0.4, -0.2) is 28.4 Å². The predicted octanol–water partition coefficient (Wildman–Crippen LogP) is 1.41. The van der Waals surface area contributed by atoms with Gasteiger partial charge in [0.2, 0.25) is 0 Å². The number of hydrogen-bond acceptors (Lipinski definition) is 3. The Morgan fingerprint density at radius 3 is 2.44 bits per heavy atom. The monoisotopic (exact) mass is 292 g/mol. The molecule has 0 saturated heterocycles. The first-order chi connectivity index (χ1) is 8.25. The highest BCUT2D eigenvalue weighted by Crippen LogP contribution is 2.37. The molecule has 0 aromatic heterocycles. The molecule has 0 bridgehead atoms. The lowest BCUT2D eigenvalue weighted by Crippen LogP contribution is -2.21. The maximum absolute atomic E-state index is 11.5. The van der Waals surface area contributed by atoms with Gasteiger partial charge in [-0.25, -0.2) is 4.57 Å². The van der Waals surface area contributed by atoms with Crippen molar-refractivity contribution in [2.45, 2.75) is 0 Å². The average Bonchev–Trinajstić information content (AvgIpc) is 2.27. The van der Waals surface area contributed by atoms with Crippen molar-refractivity contribution in [1.82, 2.24) is 5.32 Å². The summed E-state index contributed by atoms with van der Waals surface area (Å²) in [6, 6.07) is 3.97. The summed E-state index contributed by atoms with van der Waals surface area (Å²) in [5, 5.41) is 4.50. The Labute approximate surface area is 107 Å². The van der Waals surface area contributed by atoms with Crippen LogP contribution in [0.5, 0.6) is 0 Å². The predicted molar refractivity (Wildman–Crippen MR) is 65.9 cm³/mol. The van der Waals surface area contributed by atoms with E-state index in [2.05, 4.69) is 5.32 Å². The van der Waals surface area contributed by atoms with Crippen molar-refractivity contribution in [2.24, 2.45) is 0 Å². The van der Waals surface area contributed by atoms with Gasteiger partial charge in [0.05, 0.1) is 11.3 Å². The van der Waals surface area contributed by atoms with Crippen LogP contribution in [0, 0.1) is 0 Å². The van der Waals surface area contributed by atoms with Gasteiger partial charge in [0.25, 0.3) is 5.91 Å². The second-order valence-electron chi connectivity index (χ2n) is 3.24. The number of nitrogens with one attached hydrogen (secondary N) is 2. The standard InChI is InChI=1S/C9H10ClN2O5P/c1-11-8(13)6-3-2-5(10)4-7(6)12-9(14)18(15,16)17/h2-4H,1H3,(H,11,13)(H,12,14)(H2,15,16,17). The van der Waals surface area contributed by atoms with Crippen LogP contribution in [0.2, 0.25) is 5.02 Å². The molecule has 2 amide bonds. The molecule has 0 saturated carbocycles. The summed E-state index contributed by atoms with van der Waals surface area (Å²) < 4.78 is 10.7. The Balaban J connectivity index is 3.15. The third-order valence-electron chi connectivity index (χ3n) is 1.96. The van der Waals surface area contributed by atoms with Gasteiger partial charge in [0, 0.05) is 12.1 Å². The molecule has 0 aliphatic rings. The highest BCUT2D eigenvalue weighted by Gasteiger charge is 2.27. The summed E-state index contributed by atoms with van der Waals surface area (Å²) >= 11 is 5.69. The fraction of sp³-hybridized carbons (Fsp3) is 0.111. The van der Waals surface area contributed by atoms with Gasteiger partial charge >= 0.3 is 13.2 Å². The molecule has 0 radical (unpaired) electrons. The lowest BCUT2D eigenvalue weighted by atomic mass is 10.1. The average molecular weight is 293 g/mol. The van der Waals surface area contributed by atoms with Crippen LogP contribution in [-0.2, 0) is 4.57 Å². The van der Waals surface area contributed by atoms with E-state index < -0.39 is 19.2 Å². The molecule has 0 spiro atoms. The van der Waals surface area contributed by atoms with Gasteiger partial charge in [0.1, 0.15) is 0 Å². The summed E-state index contributed by atoms with van der Waals surface area (Å²) in [4.78, 5) is 40.0. The number of carbonyl (C=O) groups is 2. The molecule has 0 unspecified atom stereocenters. The fourth-order valence-corrected chi connectivity index (χ4v) is 1.58. The molecule has 0 fully saturated rings. The maximum Gasteiger partial charge on any atom is 0.413 e. The SMILES string of the molecule is CNC(=O)c1ccc(Cl)cc1NC(=O)P(=O)(O)O. The largest absolute Gasteiger partial charge is 0.413 e. The van der Waals surface area contributed by atoms with E-state index in [-0.39, 0.29) is 16.3 Å². The minimum absolute atomic E-state index is 0.0451. The maximum atomic E-state index is 11.5. The molecule has 0 atom stereocenters. The molecular formula is C9H10ClN2O5P. The summed E-state index contributed by atoms with van der Waals surface area (Å²) in [5.74, 6) is -0.521. The quantitative estimate of drug-likeness (QED) is 0.629. The number of carbonyl (C=O) groups excluding carboxylic acids is 2. The van der Waals surface area contributed by atoms with E-state index in [0.717, 1.165) is 0 Å². The molecule has 1 aromatic rings. The van der Waals surface area contributed by atoms with Gasteiger partial charge < -0.3 is 20.4 Å². The van der Waals surface area contributed by atoms with Crippen molar-refractivity contribution in [3.8, 4) is 0 Å². The van der Waals surface area contributed by atoms with Crippen LogP contribution in [0.4, 0.5) is 10.5 Å². The highest BCUT2D eigenvalue weighted by molar-refractivity contribution is 7.70. The summed E-state index contributed by atoms with van der Waals surface area (Å²) in [7, 11) is -3.54. The third kappa shape index (κ3) is 3.54. The van der Waals surface area contributed by atoms with Gasteiger partial charge in [-0.2, -0.15) is 0 Å². The van der Waals surface area contributed by atoms with Crippen LogP contribution in [0.25, 0.3) is 0 Å². The summed E-state index contributed by atoms with van der Waals surface area (Å²) in [6.07, 6.45) is 0. The first-order valence-corrected chi connectivity index (χ1v) is 6.63. The van der Waals surface area contributed by atoms with Crippen molar-refractivity contribution in [2.75, 3.05) is 12.4 Å². The molecule has 9 heteroatoms. The van der Waals surface area contributed by atoms with Crippen molar-refractivity contribution >= 4 is 36.4 Å². The zero-order valence-corrected chi connectivity index (χ0v) is 10.8. The number of hydrogen-bond donors (Lipinski definition) is 4. The van der Waals surface area contributed by atoms with Crippen LogP contribution in [0.1, 0.15) is 10.4 Å². The summed E-state index contributed by atoms with van der Waals surface area (Å²) in [6.45, 7) is 0. The van der Waals surface area contributed by atoms with Gasteiger partial charge in [-0.3, -0.25) is 9.59 Å². The van der Waals surface area contributed by atoms with Crippen molar-refractivity contribution in [1.29, 1.82) is 0 Å². The van der Waals surface area contributed by atoms with Gasteiger partial charge in [-0.15, -0.1) is 0 Å². The topological polar surface area (TPSA) is 116 Å². The molecular weight excluding hydrogens is 283 g/mol. The van der Waals surface area contributed by atoms with E-state index in [1.54, 1.807) is 0 Å². The van der Waals surface area contributed by atoms with Crippen molar-refractivity contribution in [3.63, 3.8) is 0 Å². The molecule has 0 aliphatic carbocycles. The Morgan fingerprint density at radius 2 is 1.94 bits per heavy atom. The van der Waals surface area contributed by atoms with Gasteiger partial charge in [-0.1, -0.05) is 11.6 Å². The van der Waals surface area contributed by atoms with Crippen LogP contribution >= 0.6 is 19.2 Å². The molecule has 18 heavy (non-hydrogen) atoms. The zero-order valence-electron chi connectivity index (χ0n) is 9.18. The van der Waals surface area contributed by atoms with E-state index in [4.69, 9.17) is 21.4 Å². The third-order valence-corrected chi connectivity index (χ3v) is 2.84. The number of anilines is 1. The molecule has 7 nitrogen and oxygen atoms in total. The molecule has 1 aromatic carbocycles. The Kier molecular flexibility index (Phi) is 4.48. The van der Waals surface area contributed by atoms with E-state index in [0.29, 0.717) is 0 Å². The lowest BCUT2D eigenvalue weighted by Gasteiger charge is -2.11. The molecule has 4 N–H and O–H groups in total. The highest BCUT2D eigenvalue weighted by atomic mass is 35.5. The second kappa shape index (κ2) is 5.49. The van der Waals surface area contributed by atoms with Crippen molar-refractivity contribution < 1.29 is 23.9 Å². The van der Waals surface area contributed by atoms with Gasteiger partial charge in [0.15, 0.2) is 0 Å². The molecule has 0 heterocycles. The van der Waals surface area contributed by atoms with Gasteiger partial charge in [-0.05, 0) is 18.2 Å². The Bertz CT molecular complexity index is 542. The first-order valence-electron chi connectivity index (χ1n) is 4.64. The second-order valence-corrected chi connectivity index (χ2v) is 5.17. The number of amides is 2. The molecule has 0 aliphatic heterocycles. The fourth-order valence-electron chi connectivity index (χ4n) is 1.14. The first kappa shape index (κ1) is 14.7. The van der Waals surface area contributed by atoms with E-state index in [1.165, 1.54) is 25.2 Å². The Morgan fingerprint density at radius 1 is 1.33 bits per heavy atom. The van der Waals surface area contributed by atoms with Crippen LogP contribution in [0.15, 0.2) is 18.2 Å². The lowest BCUT2D eigenvalue weighted by molar-refractivity contribution is 0.0964. The minimum Gasteiger partial charge on any atom is -0.355 e. The number of benzene rings is 1. The van der Waals surface area contributed by atoms with Crippen LogP contribution < -0.4 is 10.6 Å². The van der Waals surface area contributed by atoms with E-state index in [1.807, 2.05) is 5.32 Å².